The van der Waals surface area contributed by atoms with Crippen LogP contribution >= 0.6 is 27.3 Å². The number of thiazole rings is 1. The zero-order valence-corrected chi connectivity index (χ0v) is 14.8. The number of halogens is 1. The SMILES string of the molecule is CCCNCc1c(-n2nc(C)c(Br)c2C)nc2sccn12. The maximum atomic E-state index is 4.76. The van der Waals surface area contributed by atoms with E-state index in [0.717, 1.165) is 51.8 Å². The standard InChI is InChI=1S/C14H18BrN5S/c1-4-5-16-8-11-13(17-14-19(11)6-7-21-14)20-10(3)12(15)9(2)18-20/h6-7,16H,4-5,8H2,1-3H3. The summed E-state index contributed by atoms with van der Waals surface area (Å²) in [7, 11) is 0. The molecule has 1 N–H and O–H groups in total. The molecule has 7 heteroatoms. The second kappa shape index (κ2) is 5.90. The van der Waals surface area contributed by atoms with Crippen molar-refractivity contribution in [3.05, 3.63) is 33.1 Å². The topological polar surface area (TPSA) is 47.2 Å². The van der Waals surface area contributed by atoms with Crippen LogP contribution in [0.1, 0.15) is 30.4 Å². The van der Waals surface area contributed by atoms with Crippen molar-refractivity contribution >= 4 is 32.2 Å². The molecule has 0 aliphatic heterocycles. The van der Waals surface area contributed by atoms with Gasteiger partial charge in [0.1, 0.15) is 0 Å². The third kappa shape index (κ3) is 2.54. The highest BCUT2D eigenvalue weighted by Crippen LogP contribution is 2.26. The van der Waals surface area contributed by atoms with E-state index in [2.05, 4.69) is 56.2 Å². The van der Waals surface area contributed by atoms with Gasteiger partial charge in [0.25, 0.3) is 0 Å². The number of hydrogen-bond acceptors (Lipinski definition) is 4. The van der Waals surface area contributed by atoms with Crippen LogP contribution in [-0.2, 0) is 6.54 Å². The van der Waals surface area contributed by atoms with E-state index in [1.165, 1.54) is 0 Å². The zero-order valence-electron chi connectivity index (χ0n) is 12.4. The minimum Gasteiger partial charge on any atom is -0.311 e. The van der Waals surface area contributed by atoms with Crippen molar-refractivity contribution < 1.29 is 0 Å². The van der Waals surface area contributed by atoms with Gasteiger partial charge in [-0.15, -0.1) is 11.3 Å². The molecule has 0 radical (unpaired) electrons. The molecule has 0 saturated carbocycles. The van der Waals surface area contributed by atoms with Crippen molar-refractivity contribution in [1.82, 2.24) is 24.5 Å². The fraction of sp³-hybridized carbons (Fsp3) is 0.429. The first kappa shape index (κ1) is 14.7. The lowest BCUT2D eigenvalue weighted by atomic mass is 10.3. The van der Waals surface area contributed by atoms with Gasteiger partial charge in [-0.2, -0.15) is 10.1 Å². The van der Waals surface area contributed by atoms with Gasteiger partial charge in [-0.05, 0) is 42.7 Å². The molecule has 3 rings (SSSR count). The molecule has 0 atom stereocenters. The van der Waals surface area contributed by atoms with Crippen molar-refractivity contribution in [2.75, 3.05) is 6.54 Å². The van der Waals surface area contributed by atoms with E-state index in [1.807, 2.05) is 11.6 Å². The van der Waals surface area contributed by atoms with Crippen LogP contribution in [0, 0.1) is 13.8 Å². The zero-order chi connectivity index (χ0) is 15.0. The fourth-order valence-corrected chi connectivity index (χ4v) is 3.34. The molecule has 21 heavy (non-hydrogen) atoms. The molecule has 0 unspecified atom stereocenters. The molecule has 0 aromatic carbocycles. The summed E-state index contributed by atoms with van der Waals surface area (Å²) >= 11 is 5.23. The number of imidazole rings is 1. The third-order valence-electron chi connectivity index (χ3n) is 3.46. The molecule has 0 aliphatic carbocycles. The first-order valence-electron chi connectivity index (χ1n) is 7.00. The minimum absolute atomic E-state index is 0.789. The summed E-state index contributed by atoms with van der Waals surface area (Å²) in [6.07, 6.45) is 3.19. The van der Waals surface area contributed by atoms with Crippen molar-refractivity contribution in [1.29, 1.82) is 0 Å². The minimum atomic E-state index is 0.789. The van der Waals surface area contributed by atoms with Crippen molar-refractivity contribution in [2.45, 2.75) is 33.7 Å². The molecule has 3 aromatic heterocycles. The van der Waals surface area contributed by atoms with E-state index in [-0.39, 0.29) is 0 Å². The molecule has 5 nitrogen and oxygen atoms in total. The number of rotatable bonds is 5. The van der Waals surface area contributed by atoms with Gasteiger partial charge in [0.2, 0.25) is 0 Å². The van der Waals surface area contributed by atoms with E-state index in [4.69, 9.17) is 4.98 Å². The Morgan fingerprint density at radius 2 is 2.19 bits per heavy atom. The van der Waals surface area contributed by atoms with Gasteiger partial charge in [0, 0.05) is 18.1 Å². The summed E-state index contributed by atoms with van der Waals surface area (Å²) in [4.78, 5) is 5.76. The van der Waals surface area contributed by atoms with Crippen LogP contribution in [0.25, 0.3) is 10.8 Å². The second-order valence-electron chi connectivity index (χ2n) is 5.01. The number of nitrogens with zero attached hydrogens (tertiary/aromatic N) is 4. The first-order chi connectivity index (χ1) is 10.1. The molecular weight excluding hydrogens is 350 g/mol. The highest BCUT2D eigenvalue weighted by atomic mass is 79.9. The van der Waals surface area contributed by atoms with Crippen molar-refractivity contribution in [3.8, 4) is 5.82 Å². The van der Waals surface area contributed by atoms with Gasteiger partial charge < -0.3 is 5.32 Å². The van der Waals surface area contributed by atoms with Crippen LogP contribution in [0.15, 0.2) is 16.0 Å². The summed E-state index contributed by atoms with van der Waals surface area (Å²) < 4.78 is 5.13. The van der Waals surface area contributed by atoms with Gasteiger partial charge in [-0.3, -0.25) is 4.40 Å². The number of fused-ring (bicyclic) bond motifs is 1. The van der Waals surface area contributed by atoms with Gasteiger partial charge in [-0.25, -0.2) is 4.68 Å². The number of aryl methyl sites for hydroxylation is 1. The summed E-state index contributed by atoms with van der Waals surface area (Å²) in [5.74, 6) is 0.914. The normalized spacial score (nSPS) is 11.6. The lowest BCUT2D eigenvalue weighted by Crippen LogP contribution is -2.17. The van der Waals surface area contributed by atoms with Crippen LogP contribution in [0.2, 0.25) is 0 Å². The van der Waals surface area contributed by atoms with E-state index in [0.29, 0.717) is 0 Å². The maximum absolute atomic E-state index is 4.76. The Hall–Kier alpha value is -1.18. The Balaban J connectivity index is 2.10. The quantitative estimate of drug-likeness (QED) is 0.702. The average molecular weight is 368 g/mol. The Morgan fingerprint density at radius 3 is 2.86 bits per heavy atom. The second-order valence-corrected chi connectivity index (χ2v) is 6.68. The third-order valence-corrected chi connectivity index (χ3v) is 5.37. The van der Waals surface area contributed by atoms with Gasteiger partial charge >= 0.3 is 0 Å². The van der Waals surface area contributed by atoms with E-state index in [9.17, 15) is 0 Å². The molecule has 0 aliphatic rings. The number of nitrogens with one attached hydrogen (secondary N) is 1. The van der Waals surface area contributed by atoms with Crippen molar-refractivity contribution in [2.24, 2.45) is 0 Å². The summed E-state index contributed by atoms with van der Waals surface area (Å²) in [5.41, 5.74) is 3.21. The van der Waals surface area contributed by atoms with Crippen LogP contribution in [0.5, 0.6) is 0 Å². The molecule has 112 valence electrons. The monoisotopic (exact) mass is 367 g/mol. The molecule has 3 heterocycles. The Morgan fingerprint density at radius 1 is 1.38 bits per heavy atom. The number of hydrogen-bond donors (Lipinski definition) is 1. The lowest BCUT2D eigenvalue weighted by molar-refractivity contribution is 0.653. The predicted octanol–water partition coefficient (Wildman–Crippen LogP) is 3.46. The lowest BCUT2D eigenvalue weighted by Gasteiger charge is -2.07. The molecule has 0 saturated heterocycles. The summed E-state index contributed by atoms with van der Waals surface area (Å²) in [5, 5.41) is 10.1. The highest BCUT2D eigenvalue weighted by molar-refractivity contribution is 9.10. The molecule has 0 spiro atoms. The fourth-order valence-electron chi connectivity index (χ4n) is 2.37. The predicted molar refractivity (Wildman–Crippen MR) is 89.4 cm³/mol. The van der Waals surface area contributed by atoms with E-state index < -0.39 is 0 Å². The Kier molecular flexibility index (Phi) is 4.14. The molecule has 0 bridgehead atoms. The van der Waals surface area contributed by atoms with Crippen LogP contribution in [0.3, 0.4) is 0 Å². The van der Waals surface area contributed by atoms with Crippen LogP contribution < -0.4 is 5.32 Å². The van der Waals surface area contributed by atoms with Gasteiger partial charge in [-0.1, -0.05) is 6.92 Å². The Labute approximate surface area is 136 Å². The first-order valence-corrected chi connectivity index (χ1v) is 8.68. The Bertz CT molecular complexity index is 770. The van der Waals surface area contributed by atoms with Gasteiger partial charge in [0.15, 0.2) is 10.8 Å². The highest BCUT2D eigenvalue weighted by Gasteiger charge is 2.19. The van der Waals surface area contributed by atoms with Crippen molar-refractivity contribution in [3.63, 3.8) is 0 Å². The van der Waals surface area contributed by atoms with E-state index in [1.54, 1.807) is 11.3 Å². The summed E-state index contributed by atoms with van der Waals surface area (Å²) in [6.45, 7) is 8.01. The molecule has 0 amide bonds. The molecule has 0 fully saturated rings. The average Bonchev–Trinajstić information content (AvgIpc) is 3.11. The molecular formula is C14H18BrN5S. The van der Waals surface area contributed by atoms with Crippen LogP contribution in [0.4, 0.5) is 0 Å². The van der Waals surface area contributed by atoms with E-state index >= 15 is 0 Å². The van der Waals surface area contributed by atoms with Gasteiger partial charge in [0.05, 0.1) is 21.6 Å². The largest absolute Gasteiger partial charge is 0.311 e. The van der Waals surface area contributed by atoms with Crippen LogP contribution in [-0.4, -0.2) is 25.7 Å². The maximum Gasteiger partial charge on any atom is 0.196 e. The molecule has 3 aromatic rings. The summed E-state index contributed by atoms with van der Waals surface area (Å²) in [6, 6.07) is 0. The number of aromatic nitrogens is 4. The smallest absolute Gasteiger partial charge is 0.196 e.